The van der Waals surface area contributed by atoms with Crippen molar-refractivity contribution in [3.05, 3.63) is 154 Å². The van der Waals surface area contributed by atoms with Gasteiger partial charge in [-0.25, -0.2) is 4.79 Å². The van der Waals surface area contributed by atoms with Gasteiger partial charge in [0.05, 0.1) is 46.5 Å². The predicted octanol–water partition coefficient (Wildman–Crippen LogP) is 8.81. The Labute approximate surface area is 418 Å². The van der Waals surface area contributed by atoms with Crippen molar-refractivity contribution < 1.29 is 47.3 Å². The average molecular weight is 992 g/mol. The topological polar surface area (TPSA) is 182 Å². The fourth-order valence-electron chi connectivity index (χ4n) is 8.67. The highest BCUT2D eigenvalue weighted by Gasteiger charge is 2.52. The number of carbonyl (C=O) groups is 2. The molecule has 1 saturated heterocycles. The van der Waals surface area contributed by atoms with Gasteiger partial charge in [-0.1, -0.05) is 72.8 Å². The van der Waals surface area contributed by atoms with Crippen LogP contribution in [0.1, 0.15) is 86.8 Å². The molecule has 71 heavy (non-hydrogen) atoms. The highest BCUT2D eigenvalue weighted by molar-refractivity contribution is 7.51. The number of anilines is 1. The predicted molar refractivity (Wildman–Crippen MR) is 271 cm³/mol. The van der Waals surface area contributed by atoms with E-state index in [9.17, 15) is 19.6 Å². The Morgan fingerprint density at radius 3 is 1.93 bits per heavy atom. The van der Waals surface area contributed by atoms with E-state index in [0.29, 0.717) is 22.6 Å². The first-order chi connectivity index (χ1) is 34.0. The molecule has 3 unspecified atom stereocenters. The van der Waals surface area contributed by atoms with Crippen molar-refractivity contribution in [2.75, 3.05) is 52.6 Å². The molecule has 1 fully saturated rings. The van der Waals surface area contributed by atoms with Gasteiger partial charge < -0.3 is 43.0 Å². The fraction of sp³-hybridized carbons (Fsp3) is 0.426. The molecule has 1 aromatic heterocycles. The molecule has 5 aromatic rings. The van der Waals surface area contributed by atoms with Crippen molar-refractivity contribution >= 4 is 26.0 Å². The molecule has 0 saturated carbocycles. The number of methoxy groups -OCH3 is 3. The summed E-state index contributed by atoms with van der Waals surface area (Å²) in [6.45, 7) is 13.3. The summed E-state index contributed by atoms with van der Waals surface area (Å²) in [6, 6.07) is 35.6. The largest absolute Gasteiger partial charge is 0.497 e. The quantitative estimate of drug-likeness (QED) is 0.0268. The van der Waals surface area contributed by atoms with Crippen LogP contribution in [0.3, 0.4) is 0 Å². The Hall–Kier alpha value is -6.02. The SMILES string of the molecule is COCCOC1C(OP(CC(=O)OC(C)(C)CC#N)N(C(C)C)C(C)C)[C@@H](COC(c2ccccc2)(c2ccc(OC)cc2)c2ccc(OC)cc2)O[C@H]1n1cc(C)c(NC(=O)c2ccccc2)nc1=O. The van der Waals surface area contributed by atoms with Crippen LogP contribution in [0.2, 0.25) is 0 Å². The molecule has 1 aliphatic heterocycles. The van der Waals surface area contributed by atoms with Crippen LogP contribution < -0.4 is 20.5 Å². The molecule has 1 aliphatic rings. The second-order valence-corrected chi connectivity index (χ2v) is 19.9. The normalized spacial score (nSPS) is 17.5. The van der Waals surface area contributed by atoms with Crippen LogP contribution in [0.5, 0.6) is 11.5 Å². The summed E-state index contributed by atoms with van der Waals surface area (Å²) in [4.78, 5) is 46.0. The molecule has 0 radical (unpaired) electrons. The van der Waals surface area contributed by atoms with Gasteiger partial charge in [0, 0.05) is 36.5 Å². The third kappa shape index (κ3) is 13.3. The number of benzene rings is 4. The number of hydrogen-bond donors (Lipinski definition) is 1. The lowest BCUT2D eigenvalue weighted by Gasteiger charge is -2.40. The molecule has 1 amide bonds. The van der Waals surface area contributed by atoms with Crippen LogP contribution in [0.4, 0.5) is 5.82 Å². The van der Waals surface area contributed by atoms with E-state index in [1.807, 2.05) is 107 Å². The molecule has 0 spiro atoms. The number of carbonyl (C=O) groups excluding carboxylic acids is 2. The number of ether oxygens (including phenoxy) is 7. The van der Waals surface area contributed by atoms with Crippen molar-refractivity contribution in [2.45, 2.75) is 103 Å². The molecule has 16 nitrogen and oxygen atoms in total. The first-order valence-corrected chi connectivity index (χ1v) is 25.0. The number of nitriles is 1. The number of nitrogens with zero attached hydrogens (tertiary/aromatic N) is 4. The van der Waals surface area contributed by atoms with E-state index in [1.54, 1.807) is 78.6 Å². The van der Waals surface area contributed by atoms with Crippen LogP contribution in [0.25, 0.3) is 0 Å². The van der Waals surface area contributed by atoms with Crippen LogP contribution in [0.15, 0.2) is 120 Å². The van der Waals surface area contributed by atoms with Gasteiger partial charge >= 0.3 is 11.7 Å². The average Bonchev–Trinajstić information content (AvgIpc) is 3.68. The van der Waals surface area contributed by atoms with Gasteiger partial charge in [0.15, 0.2) is 6.23 Å². The van der Waals surface area contributed by atoms with E-state index >= 15 is 0 Å². The van der Waals surface area contributed by atoms with E-state index in [0.717, 1.165) is 16.7 Å². The summed E-state index contributed by atoms with van der Waals surface area (Å²) in [7, 11) is 2.91. The molecule has 0 bridgehead atoms. The molecule has 4 aromatic carbocycles. The smallest absolute Gasteiger partial charge is 0.351 e. The van der Waals surface area contributed by atoms with Gasteiger partial charge in [-0.15, -0.1) is 0 Å². The van der Waals surface area contributed by atoms with E-state index in [4.69, 9.17) is 37.7 Å². The monoisotopic (exact) mass is 991 g/mol. The zero-order valence-electron chi connectivity index (χ0n) is 42.2. The molecule has 5 atom stereocenters. The number of amides is 1. The second kappa shape index (κ2) is 24.9. The summed E-state index contributed by atoms with van der Waals surface area (Å²) >= 11 is 0. The minimum absolute atomic E-state index is 0.00887. The van der Waals surface area contributed by atoms with Crippen molar-refractivity contribution in [1.82, 2.24) is 14.2 Å². The molecular formula is C54H66N5O11P. The Balaban J connectivity index is 1.51. The first kappa shape index (κ1) is 54.3. The third-order valence-corrected chi connectivity index (χ3v) is 14.4. The van der Waals surface area contributed by atoms with Crippen LogP contribution >= 0.6 is 8.30 Å². The van der Waals surface area contributed by atoms with Gasteiger partial charge in [-0.3, -0.25) is 18.8 Å². The summed E-state index contributed by atoms with van der Waals surface area (Å²) in [6.07, 6.45) is -2.77. The number of aryl methyl sites for hydroxylation is 1. The minimum atomic E-state index is -1.86. The third-order valence-electron chi connectivity index (χ3n) is 11.9. The Morgan fingerprint density at radius 1 is 0.831 bits per heavy atom. The lowest BCUT2D eigenvalue weighted by atomic mass is 9.80. The zero-order chi connectivity index (χ0) is 51.3. The molecule has 0 aliphatic carbocycles. The van der Waals surface area contributed by atoms with Gasteiger partial charge in [0.1, 0.15) is 61.3 Å². The Morgan fingerprint density at radius 2 is 1.39 bits per heavy atom. The van der Waals surface area contributed by atoms with Gasteiger partial charge in [0.2, 0.25) is 0 Å². The van der Waals surface area contributed by atoms with Gasteiger partial charge in [-0.2, -0.15) is 10.2 Å². The summed E-state index contributed by atoms with van der Waals surface area (Å²) in [5, 5.41) is 12.3. The maximum Gasteiger partial charge on any atom is 0.351 e. The maximum atomic E-state index is 14.4. The zero-order valence-corrected chi connectivity index (χ0v) is 43.1. The first-order valence-electron chi connectivity index (χ1n) is 23.6. The van der Waals surface area contributed by atoms with Gasteiger partial charge in [0.25, 0.3) is 5.91 Å². The molecule has 2 heterocycles. The maximum absolute atomic E-state index is 14.4. The number of rotatable bonds is 24. The molecular weight excluding hydrogens is 926 g/mol. The van der Waals surface area contributed by atoms with Crippen molar-refractivity contribution in [1.29, 1.82) is 5.26 Å². The summed E-state index contributed by atoms with van der Waals surface area (Å²) in [5.74, 6) is 0.411. The van der Waals surface area contributed by atoms with Crippen LogP contribution in [-0.4, -0.2) is 109 Å². The second-order valence-electron chi connectivity index (χ2n) is 18.2. The number of esters is 1. The standard InChI is InChI=1S/C54H66N5O11P/c1-36(2)59(37(3)4)71(35-46(60)69-53(6,7)29-30-55)70-47-45(34-67-54(40-19-15-12-16-20-40,41-21-25-43(64-9)26-22-41)42-23-27-44(65-10)28-24-42)68-51(48(47)66-32-31-63-8)58-33-38(5)49(57-52(58)62)56-50(61)39-17-13-11-14-18-39/h11-28,33,36-37,45,47-48,51H,29,31-32,34-35H2,1-10H3,(H,56,57,61,62)/t45-,47?,48?,51-,71?/m1/s1. The fourth-order valence-corrected chi connectivity index (χ4v) is 10.9. The van der Waals surface area contributed by atoms with E-state index in [2.05, 4.69) is 21.0 Å². The molecule has 17 heteroatoms. The summed E-state index contributed by atoms with van der Waals surface area (Å²) < 4.78 is 54.5. The van der Waals surface area contributed by atoms with Crippen molar-refractivity contribution in [2.24, 2.45) is 0 Å². The van der Waals surface area contributed by atoms with E-state index in [-0.39, 0.29) is 50.3 Å². The van der Waals surface area contributed by atoms with E-state index in [1.165, 1.54) is 4.57 Å². The number of nitrogens with one attached hydrogen (secondary N) is 1. The Kier molecular flexibility index (Phi) is 19.0. The van der Waals surface area contributed by atoms with E-state index < -0.39 is 61.6 Å². The minimum Gasteiger partial charge on any atom is -0.497 e. The summed E-state index contributed by atoms with van der Waals surface area (Å²) in [5.41, 5.74) is 0.153. The lowest BCUT2D eigenvalue weighted by Crippen LogP contribution is -2.44. The molecule has 1 N–H and O–H groups in total. The van der Waals surface area contributed by atoms with Crippen molar-refractivity contribution in [3.63, 3.8) is 0 Å². The molecule has 6 rings (SSSR count). The lowest BCUT2D eigenvalue weighted by molar-refractivity contribution is -0.152. The molecule has 378 valence electrons. The van der Waals surface area contributed by atoms with Crippen molar-refractivity contribution in [3.8, 4) is 17.6 Å². The number of aromatic nitrogens is 2. The highest BCUT2D eigenvalue weighted by Crippen LogP contribution is 2.51. The van der Waals surface area contributed by atoms with Crippen LogP contribution in [-0.2, 0) is 38.6 Å². The number of hydrogen-bond acceptors (Lipinski definition) is 14. The highest BCUT2D eigenvalue weighted by atomic mass is 31.2. The Bertz CT molecular complexity index is 2550. The van der Waals surface area contributed by atoms with Gasteiger partial charge in [-0.05, 0) is 102 Å². The van der Waals surface area contributed by atoms with Crippen LogP contribution in [0, 0.1) is 18.3 Å².